The van der Waals surface area contributed by atoms with Crippen molar-refractivity contribution < 1.29 is 38.8 Å². The molecule has 1 aliphatic rings. The van der Waals surface area contributed by atoms with Gasteiger partial charge in [0, 0.05) is 34.7 Å². The van der Waals surface area contributed by atoms with Crippen LogP contribution in [0.2, 0.25) is 0 Å². The maximum absolute atomic E-state index is 13.0. The van der Waals surface area contributed by atoms with Crippen molar-refractivity contribution in [3.8, 4) is 0 Å². The molecule has 4 atom stereocenters. The fourth-order valence-electron chi connectivity index (χ4n) is 5.25. The Morgan fingerprint density at radius 2 is 1.64 bits per heavy atom. The van der Waals surface area contributed by atoms with E-state index in [2.05, 4.69) is 10.6 Å². The maximum Gasteiger partial charge on any atom is 0.336 e. The summed E-state index contributed by atoms with van der Waals surface area (Å²) in [4.78, 5) is 37.8. The highest BCUT2D eigenvalue weighted by Gasteiger charge is 2.33. The van der Waals surface area contributed by atoms with Crippen LogP contribution in [0.15, 0.2) is 108 Å². The van der Waals surface area contributed by atoms with Crippen LogP contribution >= 0.6 is 11.8 Å². The first-order valence-corrected chi connectivity index (χ1v) is 16.1. The molecule has 10 nitrogen and oxygen atoms in total. The van der Waals surface area contributed by atoms with Gasteiger partial charge in [-0.2, -0.15) is 0 Å². The van der Waals surface area contributed by atoms with Crippen LogP contribution in [-0.4, -0.2) is 53.2 Å². The topological polar surface area (TPSA) is 143 Å². The summed E-state index contributed by atoms with van der Waals surface area (Å²) < 4.78 is 17.8. The molecule has 47 heavy (non-hydrogen) atoms. The summed E-state index contributed by atoms with van der Waals surface area (Å²) in [7, 11) is 1.28. The standard InChI is InChI=1S/C36H36N2O8S/c1-44-34(42)30(18-23-8-3-2-4-9-23)38-36(43)37-27-11-7-10-26(19-27)35-45-28(22-47-32-13-6-5-12-29(32)33(40)41)20-31(46-35)25-16-14-24(21-39)15-17-25/h2-17,19,28,30-31,35,39H,18,20-22H2,1H3,(H,40,41)(H2,37,38,43)/t28-,30+,31+,35+/m1/s1. The van der Waals surface area contributed by atoms with Crippen molar-refractivity contribution in [2.45, 2.75) is 48.9 Å². The highest BCUT2D eigenvalue weighted by atomic mass is 32.2. The molecule has 4 aromatic rings. The average molecular weight is 657 g/mol. The molecule has 1 aliphatic heterocycles. The zero-order valence-electron chi connectivity index (χ0n) is 25.7. The van der Waals surface area contributed by atoms with E-state index in [0.29, 0.717) is 28.3 Å². The highest BCUT2D eigenvalue weighted by Crippen LogP contribution is 2.40. The van der Waals surface area contributed by atoms with Gasteiger partial charge in [-0.3, -0.25) is 0 Å². The number of benzene rings is 4. The molecule has 0 radical (unpaired) electrons. The normalized spacial score (nSPS) is 18.1. The van der Waals surface area contributed by atoms with E-state index in [0.717, 1.165) is 16.7 Å². The number of carboxylic acids is 1. The Kier molecular flexibility index (Phi) is 11.6. The predicted octanol–water partition coefficient (Wildman–Crippen LogP) is 6.12. The molecule has 0 unspecified atom stereocenters. The summed E-state index contributed by atoms with van der Waals surface area (Å²) in [6.45, 7) is -0.0697. The SMILES string of the molecule is COC(=O)[C@H](Cc1ccccc1)NC(=O)Nc1cccc([C@H]2O[C@@H](CSc3ccccc3C(=O)O)C[C@@H](c3ccc(CO)cc3)O2)c1. The van der Waals surface area contributed by atoms with E-state index in [4.69, 9.17) is 14.2 Å². The Morgan fingerprint density at radius 1 is 0.894 bits per heavy atom. The third-order valence-corrected chi connectivity index (χ3v) is 8.85. The molecule has 0 bridgehead atoms. The molecule has 0 aliphatic carbocycles. The van der Waals surface area contributed by atoms with Gasteiger partial charge in [-0.1, -0.05) is 78.9 Å². The lowest BCUT2D eigenvalue weighted by Gasteiger charge is -2.36. The van der Waals surface area contributed by atoms with Gasteiger partial charge < -0.3 is 35.1 Å². The smallest absolute Gasteiger partial charge is 0.336 e. The Labute approximate surface area is 277 Å². The van der Waals surface area contributed by atoms with E-state index in [1.165, 1.54) is 18.9 Å². The number of aliphatic hydroxyl groups is 1. The third-order valence-electron chi connectivity index (χ3n) is 7.65. The number of methoxy groups -OCH3 is 1. The second kappa shape index (κ2) is 16.2. The van der Waals surface area contributed by atoms with Crippen molar-refractivity contribution >= 4 is 35.4 Å². The predicted molar refractivity (Wildman–Crippen MR) is 177 cm³/mol. The van der Waals surface area contributed by atoms with E-state index < -0.39 is 30.3 Å². The van der Waals surface area contributed by atoms with Crippen molar-refractivity contribution in [2.75, 3.05) is 18.2 Å². The molecule has 0 saturated carbocycles. The zero-order valence-corrected chi connectivity index (χ0v) is 26.5. The number of rotatable bonds is 12. The van der Waals surface area contributed by atoms with E-state index in [1.54, 1.807) is 42.5 Å². The highest BCUT2D eigenvalue weighted by molar-refractivity contribution is 7.99. The first-order valence-electron chi connectivity index (χ1n) is 15.1. The monoisotopic (exact) mass is 656 g/mol. The molecule has 1 heterocycles. The maximum atomic E-state index is 13.0. The van der Waals surface area contributed by atoms with Crippen LogP contribution in [0.3, 0.4) is 0 Å². The summed E-state index contributed by atoms with van der Waals surface area (Å²) >= 11 is 1.41. The summed E-state index contributed by atoms with van der Waals surface area (Å²) in [5.74, 6) is -1.08. The van der Waals surface area contributed by atoms with Gasteiger partial charge in [0.25, 0.3) is 0 Å². The number of carbonyl (C=O) groups excluding carboxylic acids is 2. The number of anilines is 1. The van der Waals surface area contributed by atoms with Gasteiger partial charge >= 0.3 is 18.0 Å². The van der Waals surface area contributed by atoms with Gasteiger partial charge in [-0.15, -0.1) is 11.8 Å². The number of aromatic carboxylic acids is 1. The van der Waals surface area contributed by atoms with Crippen molar-refractivity contribution in [3.05, 3.63) is 131 Å². The van der Waals surface area contributed by atoms with Crippen LogP contribution in [0, 0.1) is 0 Å². The van der Waals surface area contributed by atoms with Gasteiger partial charge in [0.05, 0.1) is 31.5 Å². The van der Waals surface area contributed by atoms with Crippen LogP contribution < -0.4 is 10.6 Å². The van der Waals surface area contributed by atoms with E-state index >= 15 is 0 Å². The lowest BCUT2D eigenvalue weighted by atomic mass is 10.0. The molecule has 4 N–H and O–H groups in total. The van der Waals surface area contributed by atoms with Crippen LogP contribution in [-0.2, 0) is 32.0 Å². The molecule has 5 rings (SSSR count). The van der Waals surface area contributed by atoms with Crippen molar-refractivity contribution in [3.63, 3.8) is 0 Å². The first-order chi connectivity index (χ1) is 22.8. The number of amides is 2. The Hall–Kier alpha value is -4.68. The van der Waals surface area contributed by atoms with E-state index in [-0.39, 0.29) is 30.8 Å². The molecule has 0 spiro atoms. The first kappa shape index (κ1) is 33.7. The average Bonchev–Trinajstić information content (AvgIpc) is 3.10. The molecule has 1 fully saturated rings. The number of carbonyl (C=O) groups is 3. The number of nitrogens with one attached hydrogen (secondary N) is 2. The van der Waals surface area contributed by atoms with Crippen molar-refractivity contribution in [1.82, 2.24) is 5.32 Å². The van der Waals surface area contributed by atoms with Crippen molar-refractivity contribution in [1.29, 1.82) is 0 Å². The van der Waals surface area contributed by atoms with Gasteiger partial charge in [-0.05, 0) is 41.0 Å². The minimum absolute atomic E-state index is 0.0697. The number of carboxylic acid groups (broad SMARTS) is 1. The second-order valence-electron chi connectivity index (χ2n) is 11.0. The van der Waals surface area contributed by atoms with E-state index in [1.807, 2.05) is 60.7 Å². The molecule has 11 heteroatoms. The number of hydrogen-bond acceptors (Lipinski definition) is 8. The molecule has 4 aromatic carbocycles. The number of esters is 1. The summed E-state index contributed by atoms with van der Waals surface area (Å²) in [5.41, 5.74) is 3.92. The number of hydrogen-bond donors (Lipinski definition) is 4. The summed E-state index contributed by atoms with van der Waals surface area (Å²) in [6, 6.07) is 29.3. The second-order valence-corrected chi connectivity index (χ2v) is 12.0. The lowest BCUT2D eigenvalue weighted by Crippen LogP contribution is -2.45. The lowest BCUT2D eigenvalue weighted by molar-refractivity contribution is -0.245. The Balaban J connectivity index is 1.31. The van der Waals surface area contributed by atoms with Crippen LogP contribution in [0.5, 0.6) is 0 Å². The van der Waals surface area contributed by atoms with E-state index in [9.17, 15) is 24.6 Å². The quantitative estimate of drug-likeness (QED) is 0.105. The van der Waals surface area contributed by atoms with Crippen LogP contribution in [0.1, 0.15) is 51.4 Å². The van der Waals surface area contributed by atoms with Crippen LogP contribution in [0.25, 0.3) is 0 Å². The molecular formula is C36H36N2O8S. The molecule has 1 saturated heterocycles. The van der Waals surface area contributed by atoms with Gasteiger partial charge in [0.2, 0.25) is 0 Å². The largest absolute Gasteiger partial charge is 0.478 e. The number of aliphatic hydroxyl groups excluding tert-OH is 1. The molecular weight excluding hydrogens is 620 g/mol. The Bertz CT molecular complexity index is 1670. The minimum atomic E-state index is -0.993. The number of urea groups is 1. The van der Waals surface area contributed by atoms with Gasteiger partial charge in [0.1, 0.15) is 6.04 Å². The van der Waals surface area contributed by atoms with Crippen LogP contribution in [0.4, 0.5) is 10.5 Å². The van der Waals surface area contributed by atoms with Gasteiger partial charge in [0.15, 0.2) is 6.29 Å². The van der Waals surface area contributed by atoms with Gasteiger partial charge in [-0.25, -0.2) is 14.4 Å². The summed E-state index contributed by atoms with van der Waals surface area (Å²) in [6.07, 6.45) is -0.657. The third kappa shape index (κ3) is 9.20. The summed E-state index contributed by atoms with van der Waals surface area (Å²) in [5, 5.41) is 24.6. The fourth-order valence-corrected chi connectivity index (χ4v) is 6.31. The number of thioether (sulfide) groups is 1. The minimum Gasteiger partial charge on any atom is -0.478 e. The zero-order chi connectivity index (χ0) is 33.2. The Morgan fingerprint density at radius 3 is 2.36 bits per heavy atom. The number of ether oxygens (including phenoxy) is 3. The molecule has 0 aromatic heterocycles. The molecule has 244 valence electrons. The fraction of sp³-hybridized carbons (Fsp3) is 0.250. The molecule has 2 amide bonds. The van der Waals surface area contributed by atoms with Crippen molar-refractivity contribution in [2.24, 2.45) is 0 Å².